The van der Waals surface area contributed by atoms with Gasteiger partial charge in [-0.15, -0.1) is 0 Å². The Morgan fingerprint density at radius 3 is 3.06 bits per heavy atom. The summed E-state index contributed by atoms with van der Waals surface area (Å²) in [5.74, 6) is -0.0959. The molecule has 3 N–H and O–H groups in total. The number of fused-ring (bicyclic) bond motifs is 1. The Balaban J connectivity index is 0.00000144. The summed E-state index contributed by atoms with van der Waals surface area (Å²) in [5, 5.41) is 8.55. The molecule has 0 unspecified atom stereocenters. The average molecular weight is 247 g/mol. The molecule has 2 aromatic rings. The topological polar surface area (TPSA) is 117 Å². The van der Waals surface area contributed by atoms with Crippen LogP contribution in [0.5, 0.6) is 0 Å². The molecule has 2 rings (SSSR count). The van der Waals surface area contributed by atoms with E-state index in [-0.39, 0.29) is 61.0 Å². The van der Waals surface area contributed by atoms with Crippen LogP contribution in [0.4, 0.5) is 5.95 Å². The predicted octanol–water partition coefficient (Wildman–Crippen LogP) is -4.70. The van der Waals surface area contributed by atoms with Gasteiger partial charge >= 0.3 is 29.6 Å². The van der Waals surface area contributed by atoms with Crippen molar-refractivity contribution in [1.29, 1.82) is 0 Å². The molecule has 9 heteroatoms. The summed E-state index contributed by atoms with van der Waals surface area (Å²) >= 11 is 0. The minimum atomic E-state index is -0.511. The summed E-state index contributed by atoms with van der Waals surface area (Å²) in [6.07, 6.45) is 1.41. The third-order valence-electron chi connectivity index (χ3n) is 1.92. The van der Waals surface area contributed by atoms with E-state index in [1.807, 2.05) is 0 Å². The molecule has 0 saturated heterocycles. The largest absolute Gasteiger partial charge is 1.00 e. The molecule has 0 aliphatic heterocycles. The molecule has 0 amide bonds. The summed E-state index contributed by atoms with van der Waals surface area (Å²) < 4.78 is 6.60. The molecule has 0 fully saturated rings. The number of aliphatic hydroxyl groups is 1. The maximum Gasteiger partial charge on any atom is 1.00 e. The van der Waals surface area contributed by atoms with Crippen LogP contribution in [-0.2, 0) is 11.5 Å². The third kappa shape index (κ3) is 3.05. The SMILES string of the molecule is Nc1nc2c(ncn2COCCO)c(=O)[n-]1.[Na+]. The summed E-state index contributed by atoms with van der Waals surface area (Å²) in [6, 6.07) is 0. The predicted molar refractivity (Wildman–Crippen MR) is 54.6 cm³/mol. The van der Waals surface area contributed by atoms with Crippen molar-refractivity contribution >= 4 is 17.1 Å². The molecule has 0 atom stereocenters. The van der Waals surface area contributed by atoms with Crippen LogP contribution in [0.25, 0.3) is 11.2 Å². The van der Waals surface area contributed by atoms with E-state index >= 15 is 0 Å². The van der Waals surface area contributed by atoms with Gasteiger partial charge < -0.3 is 30.1 Å². The molecule has 0 radical (unpaired) electrons. The molecule has 0 aliphatic rings. The van der Waals surface area contributed by atoms with E-state index in [1.165, 1.54) is 10.9 Å². The summed E-state index contributed by atoms with van der Waals surface area (Å²) in [6.45, 7) is 0.272. The van der Waals surface area contributed by atoms with Gasteiger partial charge in [-0.1, -0.05) is 0 Å². The Labute approximate surface area is 118 Å². The van der Waals surface area contributed by atoms with Crippen molar-refractivity contribution in [1.82, 2.24) is 19.5 Å². The van der Waals surface area contributed by atoms with Crippen LogP contribution >= 0.6 is 0 Å². The zero-order chi connectivity index (χ0) is 11.5. The Hall–Kier alpha value is -0.930. The number of hydrogen-bond acceptors (Lipinski definition) is 6. The van der Waals surface area contributed by atoms with Gasteiger partial charge in [0, 0.05) is 5.95 Å². The molecular weight excluding hydrogens is 237 g/mol. The van der Waals surface area contributed by atoms with Crippen LogP contribution < -0.4 is 45.8 Å². The van der Waals surface area contributed by atoms with E-state index < -0.39 is 5.56 Å². The normalized spacial score (nSPS) is 10.4. The van der Waals surface area contributed by atoms with Crippen LogP contribution in [0.1, 0.15) is 0 Å². The number of nitrogens with two attached hydrogens (primary N) is 1. The van der Waals surface area contributed by atoms with Gasteiger partial charge in [0.15, 0.2) is 0 Å². The number of aromatic nitrogens is 4. The van der Waals surface area contributed by atoms with E-state index in [0.29, 0.717) is 5.65 Å². The van der Waals surface area contributed by atoms with Crippen molar-refractivity contribution in [3.63, 3.8) is 0 Å². The molecule has 0 aliphatic carbocycles. The molecule has 0 spiro atoms. The fourth-order valence-corrected chi connectivity index (χ4v) is 1.26. The molecule has 0 aromatic carbocycles. The number of rotatable bonds is 4. The molecule has 86 valence electrons. The fraction of sp³-hybridized carbons (Fsp3) is 0.375. The molecule has 2 heterocycles. The molecule has 8 nitrogen and oxygen atoms in total. The van der Waals surface area contributed by atoms with E-state index in [9.17, 15) is 4.79 Å². The minimum absolute atomic E-state index is 0. The van der Waals surface area contributed by atoms with Crippen LogP contribution in [-0.4, -0.2) is 32.9 Å². The maximum absolute atomic E-state index is 11.4. The number of hydrogen-bond donors (Lipinski definition) is 2. The van der Waals surface area contributed by atoms with Gasteiger partial charge in [0.2, 0.25) is 5.56 Å². The van der Waals surface area contributed by atoms with E-state index in [4.69, 9.17) is 15.6 Å². The van der Waals surface area contributed by atoms with Crippen molar-refractivity contribution in [2.75, 3.05) is 18.9 Å². The van der Waals surface area contributed by atoms with E-state index in [1.54, 1.807) is 0 Å². The van der Waals surface area contributed by atoms with Gasteiger partial charge in [0.1, 0.15) is 12.2 Å². The Bertz CT molecular complexity index is 552. The van der Waals surface area contributed by atoms with Crippen molar-refractivity contribution in [2.24, 2.45) is 0 Å². The number of aliphatic hydroxyl groups excluding tert-OH is 1. The first-order valence-corrected chi connectivity index (χ1v) is 4.56. The average Bonchev–Trinajstić information content (AvgIpc) is 2.62. The van der Waals surface area contributed by atoms with Crippen LogP contribution in [0.3, 0.4) is 0 Å². The van der Waals surface area contributed by atoms with E-state index in [2.05, 4.69) is 15.0 Å². The number of imidazole rings is 1. The summed E-state index contributed by atoms with van der Waals surface area (Å²) in [4.78, 5) is 22.6. The molecule has 2 aromatic heterocycles. The van der Waals surface area contributed by atoms with Crippen LogP contribution in [0.2, 0.25) is 0 Å². The summed E-state index contributed by atoms with van der Waals surface area (Å²) in [7, 11) is 0. The van der Waals surface area contributed by atoms with Crippen LogP contribution in [0.15, 0.2) is 11.1 Å². The van der Waals surface area contributed by atoms with Crippen molar-refractivity contribution in [2.45, 2.75) is 6.73 Å². The standard InChI is InChI=1S/C8H11N5O3.Na/c9-8-11-6-5(7(15)12-8)10-3-13(6)4-16-2-1-14;/h3,14H,1-2,4H2,(H3,9,11,12,15);/q;+1/p-1. The monoisotopic (exact) mass is 247 g/mol. The Kier molecular flexibility index (Phi) is 5.09. The second kappa shape index (κ2) is 6.12. The van der Waals surface area contributed by atoms with Crippen molar-refractivity contribution < 1.29 is 39.4 Å². The van der Waals surface area contributed by atoms with Crippen molar-refractivity contribution in [3.8, 4) is 0 Å². The number of nitrogens with zero attached hydrogens (tertiary/aromatic N) is 4. The van der Waals surface area contributed by atoms with Gasteiger partial charge in [-0.25, -0.2) is 4.98 Å². The Morgan fingerprint density at radius 1 is 1.59 bits per heavy atom. The van der Waals surface area contributed by atoms with Crippen molar-refractivity contribution in [3.05, 3.63) is 16.7 Å². The third-order valence-corrected chi connectivity index (χ3v) is 1.92. The number of ether oxygens (including phenoxy) is 1. The molecule has 0 saturated carbocycles. The number of nitrogen functional groups attached to an aromatic ring is 1. The van der Waals surface area contributed by atoms with Gasteiger partial charge in [0.25, 0.3) is 0 Å². The second-order valence-electron chi connectivity index (χ2n) is 3.03. The first-order chi connectivity index (χ1) is 7.72. The quantitative estimate of drug-likeness (QED) is 0.411. The van der Waals surface area contributed by atoms with Gasteiger partial charge in [-0.05, 0) is 0 Å². The smallest absolute Gasteiger partial charge is 0.453 e. The zero-order valence-corrected chi connectivity index (χ0v) is 11.3. The minimum Gasteiger partial charge on any atom is -0.453 e. The zero-order valence-electron chi connectivity index (χ0n) is 9.33. The van der Waals surface area contributed by atoms with Gasteiger partial charge in [-0.3, -0.25) is 4.79 Å². The second-order valence-corrected chi connectivity index (χ2v) is 3.03. The summed E-state index contributed by atoms with van der Waals surface area (Å²) in [5.41, 5.74) is 5.34. The molecule has 17 heavy (non-hydrogen) atoms. The first kappa shape index (κ1) is 14.1. The molecule has 0 bridgehead atoms. The van der Waals surface area contributed by atoms with E-state index in [0.717, 1.165) is 0 Å². The van der Waals surface area contributed by atoms with Gasteiger partial charge in [-0.2, -0.15) is 0 Å². The Morgan fingerprint density at radius 2 is 2.35 bits per heavy atom. The maximum atomic E-state index is 11.4. The number of anilines is 1. The van der Waals surface area contributed by atoms with Gasteiger partial charge in [0.05, 0.1) is 25.2 Å². The van der Waals surface area contributed by atoms with Crippen LogP contribution in [0, 0.1) is 0 Å². The first-order valence-electron chi connectivity index (χ1n) is 4.56. The molecular formula is C8H10N5NaO3. The fourth-order valence-electron chi connectivity index (χ4n) is 1.26.